The van der Waals surface area contributed by atoms with E-state index in [4.69, 9.17) is 4.42 Å². The van der Waals surface area contributed by atoms with Gasteiger partial charge in [0.25, 0.3) is 0 Å². The van der Waals surface area contributed by atoms with Gasteiger partial charge in [0, 0.05) is 19.5 Å². The molecule has 0 N–H and O–H groups in total. The molecule has 2 amide bonds. The Morgan fingerprint density at radius 2 is 1.67 bits per heavy atom. The van der Waals surface area contributed by atoms with Crippen molar-refractivity contribution in [1.29, 1.82) is 0 Å². The lowest BCUT2D eigenvalue weighted by Gasteiger charge is -2.30. The third-order valence-corrected chi connectivity index (χ3v) is 4.51. The molecule has 2 rings (SSSR count). The van der Waals surface area contributed by atoms with Crippen molar-refractivity contribution < 1.29 is 18.4 Å². The first-order valence-corrected chi connectivity index (χ1v) is 10.4. The lowest BCUT2D eigenvalue weighted by atomic mass is 9.91. The van der Waals surface area contributed by atoms with E-state index >= 15 is 0 Å². The summed E-state index contributed by atoms with van der Waals surface area (Å²) < 4.78 is 18.7. The molecule has 164 valence electrons. The molecule has 0 fully saturated rings. The average Bonchev–Trinajstić information content (AvgIpc) is 3.13. The minimum Gasteiger partial charge on any atom is -0.467 e. The first-order chi connectivity index (χ1) is 14.0. The van der Waals surface area contributed by atoms with Crippen LogP contribution >= 0.6 is 0 Å². The third-order valence-electron chi connectivity index (χ3n) is 4.51. The van der Waals surface area contributed by atoms with E-state index in [1.807, 2.05) is 40.7 Å². The fraction of sp³-hybridized carbons (Fsp3) is 0.500. The van der Waals surface area contributed by atoms with E-state index in [-0.39, 0.29) is 42.1 Å². The fourth-order valence-corrected chi connectivity index (χ4v) is 3.16. The van der Waals surface area contributed by atoms with Gasteiger partial charge in [-0.3, -0.25) is 9.59 Å². The van der Waals surface area contributed by atoms with Gasteiger partial charge < -0.3 is 14.2 Å². The Balaban J connectivity index is 2.18. The van der Waals surface area contributed by atoms with Crippen LogP contribution in [0.25, 0.3) is 0 Å². The molecular weight excluding hydrogens is 383 g/mol. The standard InChI is InChI=1S/C24H33FN2O3/c1-18(2)14-26(22(28)13-24(3,4)5)17-23(29)27(16-21-7-6-12-30-21)15-19-8-10-20(25)11-9-19/h6-12,18H,13-17H2,1-5H3. The van der Waals surface area contributed by atoms with E-state index in [1.165, 1.54) is 12.1 Å². The van der Waals surface area contributed by atoms with Crippen molar-refractivity contribution in [2.24, 2.45) is 11.3 Å². The number of hydrogen-bond acceptors (Lipinski definition) is 3. The van der Waals surface area contributed by atoms with E-state index in [2.05, 4.69) is 0 Å². The van der Waals surface area contributed by atoms with E-state index < -0.39 is 0 Å². The topological polar surface area (TPSA) is 53.8 Å². The predicted octanol–water partition coefficient (Wildman–Crippen LogP) is 4.87. The summed E-state index contributed by atoms with van der Waals surface area (Å²) in [6.45, 7) is 11.2. The van der Waals surface area contributed by atoms with Gasteiger partial charge in [-0.15, -0.1) is 0 Å². The average molecular weight is 417 g/mol. The molecule has 0 saturated carbocycles. The molecule has 0 aliphatic heterocycles. The molecule has 0 bridgehead atoms. The van der Waals surface area contributed by atoms with Gasteiger partial charge in [0.2, 0.25) is 11.8 Å². The second kappa shape index (κ2) is 10.4. The maximum Gasteiger partial charge on any atom is 0.242 e. The zero-order valence-electron chi connectivity index (χ0n) is 18.7. The zero-order chi connectivity index (χ0) is 22.3. The van der Waals surface area contributed by atoms with Crippen LogP contribution in [0.5, 0.6) is 0 Å². The maximum absolute atomic E-state index is 13.3. The first kappa shape index (κ1) is 23.6. The Bertz CT molecular complexity index is 808. The second-order valence-corrected chi connectivity index (χ2v) is 9.36. The van der Waals surface area contributed by atoms with Crippen LogP contribution in [0.2, 0.25) is 0 Å². The van der Waals surface area contributed by atoms with Crippen LogP contribution in [0, 0.1) is 17.2 Å². The Hall–Kier alpha value is -2.63. The van der Waals surface area contributed by atoms with Gasteiger partial charge in [-0.05, 0) is 41.2 Å². The van der Waals surface area contributed by atoms with Crippen LogP contribution < -0.4 is 0 Å². The molecule has 2 aromatic rings. The largest absolute Gasteiger partial charge is 0.467 e. The lowest BCUT2D eigenvalue weighted by molar-refractivity contribution is -0.142. The number of furan rings is 1. The summed E-state index contributed by atoms with van der Waals surface area (Å²) in [7, 11) is 0. The molecule has 0 radical (unpaired) electrons. The highest BCUT2D eigenvalue weighted by Crippen LogP contribution is 2.21. The normalized spacial score (nSPS) is 11.6. The quantitative estimate of drug-likeness (QED) is 0.586. The van der Waals surface area contributed by atoms with Gasteiger partial charge in [0.1, 0.15) is 11.6 Å². The van der Waals surface area contributed by atoms with E-state index in [9.17, 15) is 14.0 Å². The van der Waals surface area contributed by atoms with Gasteiger partial charge in [0.15, 0.2) is 0 Å². The van der Waals surface area contributed by atoms with Crippen molar-refractivity contribution in [3.05, 3.63) is 59.8 Å². The smallest absolute Gasteiger partial charge is 0.242 e. The number of benzene rings is 1. The summed E-state index contributed by atoms with van der Waals surface area (Å²) in [5.41, 5.74) is 0.657. The van der Waals surface area contributed by atoms with Crippen molar-refractivity contribution in [1.82, 2.24) is 9.80 Å². The SMILES string of the molecule is CC(C)CN(CC(=O)N(Cc1ccc(F)cc1)Cc1ccco1)C(=O)CC(C)(C)C. The van der Waals surface area contributed by atoms with E-state index in [1.54, 1.807) is 34.3 Å². The Labute approximate surface area is 178 Å². The summed E-state index contributed by atoms with van der Waals surface area (Å²) in [5.74, 6) is 0.390. The maximum atomic E-state index is 13.3. The second-order valence-electron chi connectivity index (χ2n) is 9.36. The molecule has 0 unspecified atom stereocenters. The summed E-state index contributed by atoms with van der Waals surface area (Å²) in [4.78, 5) is 29.4. The minimum absolute atomic E-state index is 0.00893. The molecule has 0 spiro atoms. The number of carbonyl (C=O) groups is 2. The number of hydrogen-bond donors (Lipinski definition) is 0. The summed E-state index contributed by atoms with van der Waals surface area (Å²) in [6, 6.07) is 9.66. The fourth-order valence-electron chi connectivity index (χ4n) is 3.16. The third kappa shape index (κ3) is 8.01. The highest BCUT2D eigenvalue weighted by molar-refractivity contribution is 5.85. The van der Waals surface area contributed by atoms with Gasteiger partial charge in [-0.1, -0.05) is 46.8 Å². The molecule has 0 aliphatic rings. The number of rotatable bonds is 9. The molecule has 0 aliphatic carbocycles. The van der Waals surface area contributed by atoms with Crippen LogP contribution in [0.15, 0.2) is 47.1 Å². The van der Waals surface area contributed by atoms with E-state index in [0.717, 1.165) is 5.56 Å². The lowest BCUT2D eigenvalue weighted by Crippen LogP contribution is -2.44. The highest BCUT2D eigenvalue weighted by Gasteiger charge is 2.26. The summed E-state index contributed by atoms with van der Waals surface area (Å²) in [5, 5.41) is 0. The first-order valence-electron chi connectivity index (χ1n) is 10.4. The van der Waals surface area contributed by atoms with Gasteiger partial charge in [-0.25, -0.2) is 4.39 Å². The summed E-state index contributed by atoms with van der Waals surface area (Å²) in [6.07, 6.45) is 1.94. The number of carbonyl (C=O) groups excluding carboxylic acids is 2. The molecule has 1 aromatic carbocycles. The molecule has 30 heavy (non-hydrogen) atoms. The zero-order valence-corrected chi connectivity index (χ0v) is 18.7. The molecule has 0 atom stereocenters. The Kier molecular flexibility index (Phi) is 8.21. The predicted molar refractivity (Wildman–Crippen MR) is 115 cm³/mol. The van der Waals surface area contributed by atoms with Crippen molar-refractivity contribution >= 4 is 11.8 Å². The molecular formula is C24H33FN2O3. The van der Waals surface area contributed by atoms with Crippen LogP contribution in [0.1, 0.15) is 52.4 Å². The minimum atomic E-state index is -0.321. The Morgan fingerprint density at radius 1 is 1.00 bits per heavy atom. The highest BCUT2D eigenvalue weighted by atomic mass is 19.1. The van der Waals surface area contributed by atoms with Crippen LogP contribution in [0.4, 0.5) is 4.39 Å². The molecule has 1 aromatic heterocycles. The molecule has 6 heteroatoms. The van der Waals surface area contributed by atoms with Gasteiger partial charge >= 0.3 is 0 Å². The van der Waals surface area contributed by atoms with Crippen LogP contribution in [-0.2, 0) is 22.7 Å². The number of nitrogens with zero attached hydrogens (tertiary/aromatic N) is 2. The summed E-state index contributed by atoms with van der Waals surface area (Å²) >= 11 is 0. The van der Waals surface area contributed by atoms with Crippen molar-refractivity contribution in [2.45, 2.75) is 54.1 Å². The van der Waals surface area contributed by atoms with Gasteiger partial charge in [-0.2, -0.15) is 0 Å². The Morgan fingerprint density at radius 3 is 2.20 bits per heavy atom. The number of amides is 2. The van der Waals surface area contributed by atoms with Crippen molar-refractivity contribution in [2.75, 3.05) is 13.1 Å². The molecule has 0 saturated heterocycles. The van der Waals surface area contributed by atoms with Crippen LogP contribution in [0.3, 0.4) is 0 Å². The van der Waals surface area contributed by atoms with Crippen LogP contribution in [-0.4, -0.2) is 34.7 Å². The van der Waals surface area contributed by atoms with Crippen molar-refractivity contribution in [3.8, 4) is 0 Å². The van der Waals surface area contributed by atoms with Crippen molar-refractivity contribution in [3.63, 3.8) is 0 Å². The van der Waals surface area contributed by atoms with E-state index in [0.29, 0.717) is 25.3 Å². The molecule has 5 nitrogen and oxygen atoms in total. The number of halogens is 1. The van der Waals surface area contributed by atoms with Gasteiger partial charge in [0.05, 0.1) is 19.4 Å². The molecule has 1 heterocycles. The monoisotopic (exact) mass is 416 g/mol.